The summed E-state index contributed by atoms with van der Waals surface area (Å²) in [4.78, 5) is 79.2. The summed E-state index contributed by atoms with van der Waals surface area (Å²) >= 11 is 2.49. The minimum atomic E-state index is -1.56. The summed E-state index contributed by atoms with van der Waals surface area (Å²) in [7, 11) is 0. The number of carboxylic acids is 2. The average Bonchev–Trinajstić information content (AvgIpc) is 3.08. The molecule has 3 aliphatic rings. The van der Waals surface area contributed by atoms with Crippen molar-refractivity contribution >= 4 is 59.1 Å². The summed E-state index contributed by atoms with van der Waals surface area (Å²) in [5.74, 6) is -4.74. The highest BCUT2D eigenvalue weighted by molar-refractivity contribution is 8.00. The topological polar surface area (TPSA) is 220 Å². The van der Waals surface area contributed by atoms with E-state index in [4.69, 9.17) is 5.73 Å². The normalized spacial score (nSPS) is 22.3. The summed E-state index contributed by atoms with van der Waals surface area (Å²) in [6, 6.07) is 12.0. The molecular formula is C32H34N6O8S2. The van der Waals surface area contributed by atoms with Crippen LogP contribution in [-0.4, -0.2) is 85.0 Å². The number of thioether (sulfide) groups is 2. The molecule has 1 fully saturated rings. The molecule has 0 saturated carbocycles. The number of nitrogens with one attached hydrogen (secondary N) is 4. The summed E-state index contributed by atoms with van der Waals surface area (Å²) in [6.07, 6.45) is 0. The van der Waals surface area contributed by atoms with E-state index in [0.717, 1.165) is 11.8 Å². The van der Waals surface area contributed by atoms with Gasteiger partial charge in [0.2, 0.25) is 11.8 Å². The molecule has 4 amide bonds. The molecule has 6 atom stereocenters. The number of carbonyl (C=O) groups is 6. The molecule has 0 bridgehead atoms. The first-order valence-electron chi connectivity index (χ1n) is 14.8. The zero-order valence-corrected chi connectivity index (χ0v) is 27.5. The van der Waals surface area contributed by atoms with Crippen LogP contribution in [-0.2, 0) is 28.8 Å². The van der Waals surface area contributed by atoms with Gasteiger partial charge < -0.3 is 37.2 Å². The second-order valence-corrected chi connectivity index (χ2v) is 13.6. The number of nitrogens with zero attached hydrogens (tertiary/aromatic N) is 1. The number of nitrogens with two attached hydrogens (primary N) is 1. The maximum absolute atomic E-state index is 13.9. The molecule has 2 unspecified atom stereocenters. The largest absolute Gasteiger partial charge is 0.480 e. The van der Waals surface area contributed by atoms with Gasteiger partial charge in [-0.05, 0) is 36.1 Å². The lowest BCUT2D eigenvalue weighted by Crippen LogP contribution is -2.71. The average molecular weight is 695 g/mol. The molecule has 48 heavy (non-hydrogen) atoms. The number of hydrogen-bond acceptors (Lipinski definition) is 10. The van der Waals surface area contributed by atoms with Crippen LogP contribution in [0.1, 0.15) is 37.1 Å². The van der Waals surface area contributed by atoms with Gasteiger partial charge in [-0.2, -0.15) is 0 Å². The SMILES string of the molecule is CC1=C(C(=O)O)NC(C(NC(=O)[C@H](NC(=O)C2=C(C)CS[C@@H]3[C@H](NC(=O)[C@H](N)c4ccccc4)C(=O)N23)c2ccccc2)C(=O)O)SC1. The molecule has 3 aliphatic heterocycles. The van der Waals surface area contributed by atoms with Crippen LogP contribution < -0.4 is 27.0 Å². The number of rotatable bonds is 11. The number of fused-ring (bicyclic) bond motifs is 1. The third-order valence-corrected chi connectivity index (χ3v) is 10.8. The first-order valence-corrected chi connectivity index (χ1v) is 16.9. The standard InChI is InChI=1S/C32H34N6O8S2/c1-15-13-47-28(37-20(15)31(43)44)22(32(45)46)35-26(40)21(18-11-7-4-8-12-18)34-27(41)24-16(2)14-48-30-23(29(42)38(24)30)36-25(39)19(33)17-9-5-3-6-10-17/h3-12,19,21-23,28,30,37H,13-14,33H2,1-2H3,(H,34,41)(H,35,40)(H,36,39)(H,43,44)(H,45,46)/t19-,21-,22?,23-,28?,30-/m1/s1. The molecule has 3 heterocycles. The number of carboxylic acid groups (broad SMARTS) is 2. The van der Waals surface area contributed by atoms with Crippen molar-refractivity contribution in [3.63, 3.8) is 0 Å². The maximum Gasteiger partial charge on any atom is 0.351 e. The highest BCUT2D eigenvalue weighted by Crippen LogP contribution is 2.40. The van der Waals surface area contributed by atoms with Crippen molar-refractivity contribution < 1.29 is 39.0 Å². The van der Waals surface area contributed by atoms with E-state index in [0.29, 0.717) is 28.0 Å². The highest BCUT2D eigenvalue weighted by Gasteiger charge is 2.54. The van der Waals surface area contributed by atoms with Gasteiger partial charge in [0.05, 0.1) is 0 Å². The fourth-order valence-electron chi connectivity index (χ4n) is 5.51. The first-order chi connectivity index (χ1) is 22.9. The van der Waals surface area contributed by atoms with Crippen molar-refractivity contribution in [1.29, 1.82) is 0 Å². The molecule has 5 rings (SSSR count). The molecule has 2 aromatic carbocycles. The minimum absolute atomic E-state index is 0.0290. The summed E-state index contributed by atoms with van der Waals surface area (Å²) in [6.45, 7) is 3.29. The van der Waals surface area contributed by atoms with Crippen LogP contribution in [0.25, 0.3) is 0 Å². The predicted molar refractivity (Wildman–Crippen MR) is 178 cm³/mol. The Bertz CT molecular complexity index is 1700. The third-order valence-electron chi connectivity index (χ3n) is 8.06. The molecule has 8 N–H and O–H groups in total. The molecule has 2 aromatic rings. The summed E-state index contributed by atoms with van der Waals surface area (Å²) in [5, 5.41) is 28.5. The molecule has 14 nitrogen and oxygen atoms in total. The van der Waals surface area contributed by atoms with Gasteiger partial charge in [-0.3, -0.25) is 24.1 Å². The van der Waals surface area contributed by atoms with Gasteiger partial charge in [0.25, 0.3) is 11.8 Å². The van der Waals surface area contributed by atoms with Gasteiger partial charge in [0.15, 0.2) is 6.04 Å². The molecule has 0 aliphatic carbocycles. The van der Waals surface area contributed by atoms with Gasteiger partial charge in [0, 0.05) is 11.5 Å². The molecule has 1 saturated heterocycles. The van der Waals surface area contributed by atoms with E-state index < -0.39 is 70.5 Å². The van der Waals surface area contributed by atoms with E-state index in [1.165, 1.54) is 16.7 Å². The van der Waals surface area contributed by atoms with Gasteiger partial charge in [-0.15, -0.1) is 23.5 Å². The van der Waals surface area contributed by atoms with Crippen molar-refractivity contribution in [1.82, 2.24) is 26.2 Å². The Hall–Kier alpha value is -4.80. The van der Waals surface area contributed by atoms with Crippen LogP contribution >= 0.6 is 23.5 Å². The van der Waals surface area contributed by atoms with E-state index in [1.807, 2.05) is 0 Å². The van der Waals surface area contributed by atoms with E-state index in [1.54, 1.807) is 74.5 Å². The molecule has 16 heteroatoms. The molecule has 0 spiro atoms. The minimum Gasteiger partial charge on any atom is -0.480 e. The van der Waals surface area contributed by atoms with Gasteiger partial charge >= 0.3 is 11.9 Å². The van der Waals surface area contributed by atoms with Gasteiger partial charge in [-0.1, -0.05) is 60.7 Å². The van der Waals surface area contributed by atoms with Crippen molar-refractivity contribution in [2.24, 2.45) is 5.73 Å². The Labute approximate surface area is 283 Å². The second-order valence-electron chi connectivity index (χ2n) is 11.4. The maximum atomic E-state index is 13.9. The monoisotopic (exact) mass is 694 g/mol. The Balaban J connectivity index is 1.32. The molecular weight excluding hydrogens is 661 g/mol. The Morgan fingerprint density at radius 3 is 2.08 bits per heavy atom. The van der Waals surface area contributed by atoms with Crippen LogP contribution in [0.5, 0.6) is 0 Å². The lowest BCUT2D eigenvalue weighted by atomic mass is 10.0. The first kappa shape index (κ1) is 34.5. The van der Waals surface area contributed by atoms with Gasteiger partial charge in [-0.25, -0.2) is 9.59 Å². The molecule has 252 valence electrons. The zero-order valence-electron chi connectivity index (χ0n) is 25.8. The van der Waals surface area contributed by atoms with Gasteiger partial charge in [0.1, 0.15) is 40.3 Å². The van der Waals surface area contributed by atoms with Crippen molar-refractivity contribution in [3.8, 4) is 0 Å². The van der Waals surface area contributed by atoms with Crippen LogP contribution in [0, 0.1) is 0 Å². The van der Waals surface area contributed by atoms with Crippen molar-refractivity contribution in [2.75, 3.05) is 11.5 Å². The quantitative estimate of drug-likeness (QED) is 0.163. The summed E-state index contributed by atoms with van der Waals surface area (Å²) < 4.78 is 0. The number of amides is 4. The van der Waals surface area contributed by atoms with Crippen molar-refractivity contribution in [3.05, 3.63) is 94.3 Å². The number of benzene rings is 2. The Morgan fingerprint density at radius 2 is 1.48 bits per heavy atom. The Kier molecular flexibility index (Phi) is 10.5. The lowest BCUT2D eigenvalue weighted by molar-refractivity contribution is -0.148. The number of carbonyl (C=O) groups excluding carboxylic acids is 4. The van der Waals surface area contributed by atoms with Crippen LogP contribution in [0.4, 0.5) is 0 Å². The smallest absolute Gasteiger partial charge is 0.351 e. The van der Waals surface area contributed by atoms with E-state index >= 15 is 0 Å². The van der Waals surface area contributed by atoms with Crippen molar-refractivity contribution in [2.45, 2.75) is 48.8 Å². The number of β-lactam (4-membered cyclic amide) rings is 1. The van der Waals surface area contributed by atoms with E-state index in [9.17, 15) is 39.0 Å². The number of hydrogen-bond donors (Lipinski definition) is 7. The zero-order chi connectivity index (χ0) is 34.7. The summed E-state index contributed by atoms with van der Waals surface area (Å²) in [5.41, 5.74) is 8.00. The fourth-order valence-corrected chi connectivity index (χ4v) is 7.96. The van der Waals surface area contributed by atoms with E-state index in [-0.39, 0.29) is 17.1 Å². The lowest BCUT2D eigenvalue weighted by Gasteiger charge is -2.50. The third kappa shape index (κ3) is 7.05. The van der Waals surface area contributed by atoms with Crippen LogP contribution in [0.2, 0.25) is 0 Å². The molecule has 0 radical (unpaired) electrons. The highest BCUT2D eigenvalue weighted by atomic mass is 32.2. The van der Waals surface area contributed by atoms with E-state index in [2.05, 4.69) is 21.3 Å². The predicted octanol–water partition coefficient (Wildman–Crippen LogP) is 0.808. The molecule has 0 aromatic heterocycles. The second kappa shape index (κ2) is 14.5. The fraction of sp³-hybridized carbons (Fsp3) is 0.312. The van der Waals surface area contributed by atoms with Crippen LogP contribution in [0.15, 0.2) is 83.2 Å². The van der Waals surface area contributed by atoms with Crippen LogP contribution in [0.3, 0.4) is 0 Å². The Morgan fingerprint density at radius 1 is 0.875 bits per heavy atom. The number of aliphatic carboxylic acids is 2.